The summed E-state index contributed by atoms with van der Waals surface area (Å²) in [5, 5.41) is 19.9. The van der Waals surface area contributed by atoms with Gasteiger partial charge in [-0.15, -0.1) is 0 Å². The van der Waals surface area contributed by atoms with Crippen LogP contribution in [0.15, 0.2) is 18.2 Å². The van der Waals surface area contributed by atoms with Crippen molar-refractivity contribution in [2.24, 2.45) is 5.41 Å². The molecule has 0 saturated carbocycles. The highest BCUT2D eigenvalue weighted by molar-refractivity contribution is 5.60. The Bertz CT molecular complexity index is 563. The Morgan fingerprint density at radius 3 is 2.43 bits per heavy atom. The van der Waals surface area contributed by atoms with E-state index in [2.05, 4.69) is 18.7 Å². The lowest BCUT2D eigenvalue weighted by molar-refractivity contribution is -0.385. The van der Waals surface area contributed by atoms with Gasteiger partial charge in [0.1, 0.15) is 11.6 Å². The second kappa shape index (κ2) is 6.13. The number of hydrogen-bond donors (Lipinski definition) is 0. The van der Waals surface area contributed by atoms with Gasteiger partial charge in [0, 0.05) is 24.8 Å². The first-order valence-electron chi connectivity index (χ1n) is 7.48. The van der Waals surface area contributed by atoms with Gasteiger partial charge < -0.3 is 4.90 Å². The average Bonchev–Trinajstić information content (AvgIpc) is 2.54. The van der Waals surface area contributed by atoms with Gasteiger partial charge in [0.2, 0.25) is 0 Å². The molecule has 0 aliphatic carbocycles. The van der Waals surface area contributed by atoms with Crippen molar-refractivity contribution in [3.8, 4) is 6.07 Å². The summed E-state index contributed by atoms with van der Waals surface area (Å²) < 4.78 is 0. The standard InChI is InChI=1S/C16H21N3O2/c1-3-16(4-2)7-9-18(10-8-16)14-5-6-15(19(20)21)13(11-14)12-17/h5-6,11H,3-4,7-10H2,1-2H3. The van der Waals surface area contributed by atoms with E-state index in [9.17, 15) is 10.1 Å². The molecule has 1 saturated heterocycles. The second-order valence-corrected chi connectivity index (χ2v) is 5.76. The van der Waals surface area contributed by atoms with Gasteiger partial charge in [-0.1, -0.05) is 26.7 Å². The zero-order valence-electron chi connectivity index (χ0n) is 12.6. The molecule has 5 heteroatoms. The van der Waals surface area contributed by atoms with Crippen molar-refractivity contribution in [1.29, 1.82) is 5.26 Å². The van der Waals surface area contributed by atoms with Crippen molar-refractivity contribution in [2.45, 2.75) is 39.5 Å². The Labute approximate surface area is 125 Å². The van der Waals surface area contributed by atoms with Gasteiger partial charge in [0.05, 0.1) is 4.92 Å². The fraction of sp³-hybridized carbons (Fsp3) is 0.562. The Morgan fingerprint density at radius 2 is 1.95 bits per heavy atom. The molecule has 1 fully saturated rings. The molecule has 0 atom stereocenters. The highest BCUT2D eigenvalue weighted by Crippen LogP contribution is 2.39. The minimum atomic E-state index is -0.502. The molecule has 1 aliphatic rings. The van der Waals surface area contributed by atoms with Gasteiger partial charge in [-0.05, 0) is 30.4 Å². The number of nitro benzene ring substituents is 1. The fourth-order valence-corrected chi connectivity index (χ4v) is 3.17. The van der Waals surface area contributed by atoms with Gasteiger partial charge >= 0.3 is 0 Å². The predicted molar refractivity (Wildman–Crippen MR) is 82.3 cm³/mol. The molecule has 1 heterocycles. The van der Waals surface area contributed by atoms with E-state index in [1.165, 1.54) is 18.9 Å². The molecule has 1 aromatic rings. The highest BCUT2D eigenvalue weighted by Gasteiger charge is 2.31. The van der Waals surface area contributed by atoms with E-state index in [1.54, 1.807) is 12.1 Å². The molecule has 2 rings (SSSR count). The van der Waals surface area contributed by atoms with Crippen molar-refractivity contribution in [3.05, 3.63) is 33.9 Å². The molecule has 0 unspecified atom stereocenters. The van der Waals surface area contributed by atoms with Crippen LogP contribution in [0.3, 0.4) is 0 Å². The van der Waals surface area contributed by atoms with Crippen molar-refractivity contribution in [1.82, 2.24) is 0 Å². The van der Waals surface area contributed by atoms with E-state index >= 15 is 0 Å². The minimum Gasteiger partial charge on any atom is -0.371 e. The quantitative estimate of drug-likeness (QED) is 0.622. The van der Waals surface area contributed by atoms with Crippen LogP contribution in [0.2, 0.25) is 0 Å². The van der Waals surface area contributed by atoms with E-state index in [0.29, 0.717) is 5.41 Å². The summed E-state index contributed by atoms with van der Waals surface area (Å²) in [6.07, 6.45) is 4.67. The number of rotatable bonds is 4. The van der Waals surface area contributed by atoms with Gasteiger partial charge in [-0.3, -0.25) is 10.1 Å². The minimum absolute atomic E-state index is 0.116. The number of hydrogen-bond acceptors (Lipinski definition) is 4. The van der Waals surface area contributed by atoms with Crippen LogP contribution in [-0.2, 0) is 0 Å². The molecule has 21 heavy (non-hydrogen) atoms. The molecule has 0 amide bonds. The summed E-state index contributed by atoms with van der Waals surface area (Å²) >= 11 is 0. The summed E-state index contributed by atoms with van der Waals surface area (Å²) in [6, 6.07) is 6.76. The molecule has 0 radical (unpaired) electrons. The number of nitro groups is 1. The Hall–Kier alpha value is -2.09. The van der Waals surface area contributed by atoms with Crippen molar-refractivity contribution >= 4 is 11.4 Å². The van der Waals surface area contributed by atoms with E-state index in [-0.39, 0.29) is 11.3 Å². The first-order chi connectivity index (χ1) is 10.0. The maximum atomic E-state index is 10.9. The molecule has 1 aliphatic heterocycles. The molecule has 0 N–H and O–H groups in total. The normalized spacial score (nSPS) is 17.3. The lowest BCUT2D eigenvalue weighted by Crippen LogP contribution is -2.39. The van der Waals surface area contributed by atoms with Gasteiger partial charge in [-0.25, -0.2) is 0 Å². The molecule has 112 valence electrons. The van der Waals surface area contributed by atoms with E-state index in [4.69, 9.17) is 5.26 Å². The smallest absolute Gasteiger partial charge is 0.287 e. The first-order valence-corrected chi connectivity index (χ1v) is 7.48. The predicted octanol–water partition coefficient (Wildman–Crippen LogP) is 3.87. The third kappa shape index (κ3) is 2.99. The number of anilines is 1. The zero-order chi connectivity index (χ0) is 15.5. The van der Waals surface area contributed by atoms with Crippen LogP contribution in [0.5, 0.6) is 0 Å². The molecular weight excluding hydrogens is 266 g/mol. The third-order valence-electron chi connectivity index (χ3n) is 4.99. The maximum absolute atomic E-state index is 10.9. The van der Waals surface area contributed by atoms with Crippen LogP contribution >= 0.6 is 0 Å². The molecule has 1 aromatic carbocycles. The van der Waals surface area contributed by atoms with Gasteiger partial charge in [0.15, 0.2) is 0 Å². The number of nitriles is 1. The van der Waals surface area contributed by atoms with Crippen LogP contribution in [0, 0.1) is 26.9 Å². The van der Waals surface area contributed by atoms with Crippen LogP contribution in [0.4, 0.5) is 11.4 Å². The lowest BCUT2D eigenvalue weighted by atomic mass is 9.74. The summed E-state index contributed by atoms with van der Waals surface area (Å²) in [5.74, 6) is 0. The van der Waals surface area contributed by atoms with Crippen LogP contribution in [-0.4, -0.2) is 18.0 Å². The number of piperidine rings is 1. The number of nitrogens with zero attached hydrogens (tertiary/aromatic N) is 3. The van der Waals surface area contributed by atoms with E-state index in [1.807, 2.05) is 6.07 Å². The lowest BCUT2D eigenvalue weighted by Gasteiger charge is -2.42. The SMILES string of the molecule is CCC1(CC)CCN(c2ccc([N+](=O)[O-])c(C#N)c2)CC1. The molecule has 0 aromatic heterocycles. The fourth-order valence-electron chi connectivity index (χ4n) is 3.17. The molecule has 5 nitrogen and oxygen atoms in total. The molecular formula is C16H21N3O2. The average molecular weight is 287 g/mol. The van der Waals surface area contributed by atoms with Crippen molar-refractivity contribution in [3.63, 3.8) is 0 Å². The van der Waals surface area contributed by atoms with Crippen LogP contribution < -0.4 is 4.90 Å². The summed E-state index contributed by atoms with van der Waals surface area (Å²) in [4.78, 5) is 12.6. The monoisotopic (exact) mass is 287 g/mol. The molecule has 0 spiro atoms. The summed E-state index contributed by atoms with van der Waals surface area (Å²) in [5.41, 5.74) is 1.38. The topological polar surface area (TPSA) is 70.2 Å². The van der Waals surface area contributed by atoms with Crippen molar-refractivity contribution < 1.29 is 4.92 Å². The Kier molecular flexibility index (Phi) is 4.46. The summed E-state index contributed by atoms with van der Waals surface area (Å²) in [6.45, 7) is 6.40. The second-order valence-electron chi connectivity index (χ2n) is 5.76. The summed E-state index contributed by atoms with van der Waals surface area (Å²) in [7, 11) is 0. The third-order valence-corrected chi connectivity index (χ3v) is 4.99. The van der Waals surface area contributed by atoms with E-state index in [0.717, 1.165) is 31.6 Å². The Balaban J connectivity index is 2.18. The Morgan fingerprint density at radius 1 is 1.33 bits per heavy atom. The van der Waals surface area contributed by atoms with Gasteiger partial charge in [-0.2, -0.15) is 5.26 Å². The van der Waals surface area contributed by atoms with Gasteiger partial charge in [0.25, 0.3) is 5.69 Å². The number of benzene rings is 1. The van der Waals surface area contributed by atoms with Crippen LogP contribution in [0.1, 0.15) is 45.1 Å². The maximum Gasteiger partial charge on any atom is 0.287 e. The highest BCUT2D eigenvalue weighted by atomic mass is 16.6. The first kappa shape index (κ1) is 15.3. The molecule has 0 bridgehead atoms. The van der Waals surface area contributed by atoms with Crippen LogP contribution in [0.25, 0.3) is 0 Å². The van der Waals surface area contributed by atoms with E-state index < -0.39 is 4.92 Å². The zero-order valence-corrected chi connectivity index (χ0v) is 12.6. The van der Waals surface area contributed by atoms with Crippen molar-refractivity contribution in [2.75, 3.05) is 18.0 Å². The largest absolute Gasteiger partial charge is 0.371 e.